The molecule has 0 N–H and O–H groups in total. The average molecular weight is 914 g/mol. The standard InChI is InChI=1S/C62H45N5OSi/c1-69(2)59-33-15-13-31-56(59)66(57-32-14-16-34-60(57)69)46-37-38-63-61(40-46)67-53-28-10-9-25-51(53)52-36-35-48(41-58(52)67)68-47-24-17-23-45(39-47)64-42-65(55-30-12-11-29-54(55)64)62-49(43-19-5-3-6-20-43)26-18-27-50(62)44-21-7-4-8-22-44/h3-41H,1-2H3/i3D,4D,5D,6D,7D,8D,19D,20D,21D,22D. The SMILES string of the molecule is [2H]c1c([2H])c([2H])c(-c2cccc(-c3c([2H])c([2H])c([2H])c([2H])c3[2H])c2-[n+]2[c-]n(-c3cccc(Oc4ccc5c6ccccc6n(-c6cc(N7c8ccccc8[Si](C)(C)c8ccccc87)ccn6)c5c4)c3)c3ccccc32)c([2H])c1[2H]. The van der Waals surface area contributed by atoms with Gasteiger partial charge >= 0.3 is 0 Å². The highest BCUT2D eigenvalue weighted by Crippen LogP contribution is 2.41. The smallest absolute Gasteiger partial charge is 0.269 e. The van der Waals surface area contributed by atoms with Crippen molar-refractivity contribution in [3.63, 3.8) is 0 Å². The van der Waals surface area contributed by atoms with Gasteiger partial charge in [0.25, 0.3) is 6.33 Å². The Hall–Kier alpha value is -8.78. The normalized spacial score (nSPS) is 14.9. The van der Waals surface area contributed by atoms with Crippen LogP contribution in [0, 0.1) is 6.33 Å². The molecular weight excluding hydrogens is 859 g/mol. The number of aromatic nitrogens is 4. The van der Waals surface area contributed by atoms with Crippen molar-refractivity contribution in [2.24, 2.45) is 0 Å². The minimum atomic E-state index is -2.01. The second-order valence-corrected chi connectivity index (χ2v) is 21.8. The fourth-order valence-electron chi connectivity index (χ4n) is 10.1. The zero-order valence-corrected chi connectivity index (χ0v) is 38.4. The summed E-state index contributed by atoms with van der Waals surface area (Å²) >= 11 is 0. The maximum Gasteiger partial charge on any atom is 0.269 e. The number of hydrogen-bond acceptors (Lipinski definition) is 3. The van der Waals surface area contributed by atoms with Gasteiger partial charge < -0.3 is 9.64 Å². The summed E-state index contributed by atoms with van der Waals surface area (Å²) in [7, 11) is -2.01. The summed E-state index contributed by atoms with van der Waals surface area (Å²) in [4.78, 5) is 7.38. The van der Waals surface area contributed by atoms with Crippen LogP contribution in [0.15, 0.2) is 236 Å². The first-order valence-electron chi connectivity index (χ1n) is 27.6. The molecule has 0 fully saturated rings. The van der Waals surface area contributed by atoms with Gasteiger partial charge in [0.05, 0.1) is 52.8 Å². The Morgan fingerprint density at radius 1 is 0.536 bits per heavy atom. The zero-order valence-electron chi connectivity index (χ0n) is 47.4. The molecule has 13 rings (SSSR count). The van der Waals surface area contributed by atoms with Crippen LogP contribution < -0.4 is 24.6 Å². The van der Waals surface area contributed by atoms with Gasteiger partial charge in [0.2, 0.25) is 0 Å². The molecule has 0 amide bonds. The average Bonchev–Trinajstić information content (AvgIpc) is 4.21. The topological polar surface area (TPSA) is 39.1 Å². The van der Waals surface area contributed by atoms with Crippen molar-refractivity contribution in [3.05, 3.63) is 243 Å². The van der Waals surface area contributed by atoms with Gasteiger partial charge in [0.15, 0.2) is 0 Å². The highest BCUT2D eigenvalue weighted by molar-refractivity contribution is 7.02. The van der Waals surface area contributed by atoms with Gasteiger partial charge in [-0.3, -0.25) is 13.7 Å². The molecule has 69 heavy (non-hydrogen) atoms. The number of para-hydroxylation sites is 6. The maximum atomic E-state index is 9.06. The van der Waals surface area contributed by atoms with Crippen LogP contribution in [0.2, 0.25) is 13.1 Å². The van der Waals surface area contributed by atoms with Crippen LogP contribution in [0.1, 0.15) is 13.7 Å². The molecule has 0 saturated carbocycles. The first-order chi connectivity index (χ1) is 38.1. The van der Waals surface area contributed by atoms with Crippen molar-refractivity contribution in [1.29, 1.82) is 0 Å². The number of fused-ring (bicyclic) bond motifs is 6. The van der Waals surface area contributed by atoms with Gasteiger partial charge in [-0.25, -0.2) is 4.98 Å². The predicted octanol–water partition coefficient (Wildman–Crippen LogP) is 13.9. The van der Waals surface area contributed by atoms with Gasteiger partial charge in [-0.2, -0.15) is 0 Å². The van der Waals surface area contributed by atoms with E-state index in [9.17, 15) is 0 Å². The largest absolute Gasteiger partial charge is 0.458 e. The van der Waals surface area contributed by atoms with Gasteiger partial charge in [0, 0.05) is 40.5 Å². The Labute approximate surface area is 415 Å². The molecule has 0 aliphatic carbocycles. The third-order valence-corrected chi connectivity index (χ3v) is 16.7. The molecule has 1 aliphatic heterocycles. The number of anilines is 3. The van der Waals surface area contributed by atoms with E-state index in [1.54, 1.807) is 27.3 Å². The molecule has 0 spiro atoms. The van der Waals surface area contributed by atoms with Crippen LogP contribution in [-0.4, -0.2) is 22.2 Å². The van der Waals surface area contributed by atoms with Crippen LogP contribution >= 0.6 is 0 Å². The number of ether oxygens (including phenoxy) is 1. The Balaban J connectivity index is 0.936. The fraction of sp³-hybridized carbons (Fsp3) is 0.0323. The third kappa shape index (κ3) is 6.69. The predicted molar refractivity (Wildman–Crippen MR) is 285 cm³/mol. The number of imidazole rings is 1. The number of rotatable bonds is 8. The Bertz CT molecular complexity index is 4360. The van der Waals surface area contributed by atoms with Crippen LogP contribution in [0.4, 0.5) is 17.1 Å². The highest BCUT2D eigenvalue weighted by Gasteiger charge is 2.38. The molecule has 9 aromatic carbocycles. The van der Waals surface area contributed by atoms with Gasteiger partial charge in [-0.1, -0.05) is 177 Å². The van der Waals surface area contributed by atoms with Crippen molar-refractivity contribution < 1.29 is 23.0 Å². The molecular formula is C62H45N5OSi. The van der Waals surface area contributed by atoms with Crippen molar-refractivity contribution >= 4 is 68.3 Å². The zero-order chi connectivity index (χ0) is 54.8. The lowest BCUT2D eigenvalue weighted by Crippen LogP contribution is -2.58. The van der Waals surface area contributed by atoms with Gasteiger partial charge in [-0.05, 0) is 87.2 Å². The number of hydrogen-bond donors (Lipinski definition) is 0. The lowest BCUT2D eigenvalue weighted by molar-refractivity contribution is -0.571. The van der Waals surface area contributed by atoms with E-state index in [1.165, 1.54) is 21.7 Å². The molecule has 3 aromatic heterocycles. The molecule has 0 unspecified atom stereocenters. The third-order valence-electron chi connectivity index (χ3n) is 13.2. The van der Waals surface area contributed by atoms with Crippen molar-refractivity contribution in [1.82, 2.24) is 14.1 Å². The summed E-state index contributed by atoms with van der Waals surface area (Å²) in [6.45, 7) is 4.83. The lowest BCUT2D eigenvalue weighted by atomic mass is 9.95. The monoisotopic (exact) mass is 913 g/mol. The maximum absolute atomic E-state index is 9.06. The molecule has 1 aliphatic rings. The van der Waals surface area contributed by atoms with E-state index in [-0.39, 0.29) is 27.9 Å². The van der Waals surface area contributed by atoms with Crippen LogP contribution in [-0.2, 0) is 0 Å². The summed E-state index contributed by atoms with van der Waals surface area (Å²) in [6.07, 6.45) is 5.33. The van der Waals surface area contributed by atoms with Crippen LogP contribution in [0.25, 0.3) is 72.3 Å². The molecule has 6 nitrogen and oxygen atoms in total. The van der Waals surface area contributed by atoms with E-state index in [0.29, 0.717) is 28.2 Å². The van der Waals surface area contributed by atoms with E-state index in [2.05, 4.69) is 108 Å². The second-order valence-electron chi connectivity index (χ2n) is 17.5. The summed E-state index contributed by atoms with van der Waals surface area (Å²) < 4.78 is 99.8. The van der Waals surface area contributed by atoms with Crippen LogP contribution in [0.5, 0.6) is 11.5 Å². The summed E-state index contributed by atoms with van der Waals surface area (Å²) in [5.74, 6) is 1.82. The van der Waals surface area contributed by atoms with Gasteiger partial charge in [-0.15, -0.1) is 0 Å². The molecule has 0 atom stereocenters. The molecule has 0 radical (unpaired) electrons. The van der Waals surface area contributed by atoms with Crippen molar-refractivity contribution in [2.45, 2.75) is 13.1 Å². The Kier molecular flexibility index (Phi) is 7.35. The van der Waals surface area contributed by atoms with Crippen LogP contribution in [0.3, 0.4) is 0 Å². The van der Waals surface area contributed by atoms with E-state index >= 15 is 0 Å². The first kappa shape index (κ1) is 31.2. The molecule has 12 aromatic rings. The summed E-state index contributed by atoms with van der Waals surface area (Å²) in [6, 6.07) is 50.4. The van der Waals surface area contributed by atoms with E-state index in [1.807, 2.05) is 79.0 Å². The minimum absolute atomic E-state index is 0.133. The molecule has 0 saturated heterocycles. The number of pyridine rings is 1. The Morgan fingerprint density at radius 2 is 1.14 bits per heavy atom. The van der Waals surface area contributed by atoms with Crippen molar-refractivity contribution in [3.8, 4) is 50.9 Å². The Morgan fingerprint density at radius 3 is 1.87 bits per heavy atom. The summed E-state index contributed by atoms with van der Waals surface area (Å²) in [5, 5.41) is 4.83. The lowest BCUT2D eigenvalue weighted by Gasteiger charge is -2.41. The van der Waals surface area contributed by atoms with Gasteiger partial charge in [0.1, 0.15) is 25.4 Å². The number of benzene rings is 9. The second kappa shape index (κ2) is 16.2. The summed E-state index contributed by atoms with van der Waals surface area (Å²) in [5.41, 5.74) is 7.27. The number of nitrogens with zero attached hydrogens (tertiary/aromatic N) is 5. The molecule has 328 valence electrons. The first-order valence-corrected chi connectivity index (χ1v) is 25.6. The van der Waals surface area contributed by atoms with E-state index in [0.717, 1.165) is 33.3 Å². The van der Waals surface area contributed by atoms with E-state index in [4.69, 9.17) is 23.4 Å². The van der Waals surface area contributed by atoms with Crippen molar-refractivity contribution in [2.75, 3.05) is 4.90 Å². The molecule has 4 heterocycles. The fourth-order valence-corrected chi connectivity index (χ4v) is 13.1. The molecule has 7 heteroatoms. The minimum Gasteiger partial charge on any atom is -0.458 e. The molecule has 0 bridgehead atoms. The highest BCUT2D eigenvalue weighted by atomic mass is 28.3. The quantitative estimate of drug-likeness (QED) is 0.0866. The van der Waals surface area contributed by atoms with E-state index < -0.39 is 68.5 Å².